The topological polar surface area (TPSA) is 78.0 Å². The van der Waals surface area contributed by atoms with Crippen LogP contribution in [0.25, 0.3) is 0 Å². The van der Waals surface area contributed by atoms with Crippen LogP contribution >= 0.6 is 47.2 Å². The second-order valence-corrected chi connectivity index (χ2v) is 8.04. The highest BCUT2D eigenvalue weighted by molar-refractivity contribution is 14.0. The molecule has 10 heteroatoms. The van der Waals surface area contributed by atoms with Crippen molar-refractivity contribution >= 4 is 59.0 Å². The lowest BCUT2D eigenvalue weighted by Crippen LogP contribution is -2.53. The summed E-state index contributed by atoms with van der Waals surface area (Å²) in [6.45, 7) is 9.76. The Labute approximate surface area is 206 Å². The number of hydrogen-bond donors (Lipinski definition) is 3. The molecular formula is C20H32Cl2IN5O2. The normalized spacial score (nSPS) is 16.0. The highest BCUT2D eigenvalue weighted by Crippen LogP contribution is 2.22. The molecule has 170 valence electrons. The molecule has 0 aromatic heterocycles. The number of benzene rings is 1. The van der Waals surface area contributed by atoms with Crippen molar-refractivity contribution in [2.24, 2.45) is 10.9 Å². The van der Waals surface area contributed by atoms with Crippen molar-refractivity contribution in [3.05, 3.63) is 33.8 Å². The van der Waals surface area contributed by atoms with Gasteiger partial charge in [0.05, 0.1) is 23.3 Å². The fraction of sp³-hybridized carbons (Fsp3) is 0.600. The van der Waals surface area contributed by atoms with E-state index < -0.39 is 0 Å². The maximum atomic E-state index is 12.2. The standard InChI is InChI=1S/C20H31Cl2N5O2.HI/c1-14(2)18(27-8-10-29-11-9-27)13-26-20(23-3)25-7-6-24-19(28)15-4-5-16(21)17(22)12-15;/h4-5,12,14,18H,6-11,13H2,1-3H3,(H,24,28)(H2,23,25,26);1H. The maximum absolute atomic E-state index is 12.2. The molecule has 0 aliphatic carbocycles. The van der Waals surface area contributed by atoms with Gasteiger partial charge in [0.2, 0.25) is 0 Å². The first-order valence-corrected chi connectivity index (χ1v) is 10.7. The van der Waals surface area contributed by atoms with Crippen molar-refractivity contribution < 1.29 is 9.53 Å². The first-order chi connectivity index (χ1) is 13.9. The number of ether oxygens (including phenoxy) is 1. The molecule has 2 rings (SSSR count). The zero-order valence-electron chi connectivity index (χ0n) is 17.7. The van der Waals surface area contributed by atoms with E-state index in [9.17, 15) is 4.79 Å². The zero-order chi connectivity index (χ0) is 21.2. The molecule has 0 radical (unpaired) electrons. The predicted molar refractivity (Wildman–Crippen MR) is 135 cm³/mol. The van der Waals surface area contributed by atoms with Crippen molar-refractivity contribution in [3.63, 3.8) is 0 Å². The Balaban J connectivity index is 0.00000450. The van der Waals surface area contributed by atoms with Crippen molar-refractivity contribution in [1.29, 1.82) is 0 Å². The number of carbonyl (C=O) groups excluding carboxylic acids is 1. The number of nitrogens with zero attached hydrogens (tertiary/aromatic N) is 2. The molecule has 1 amide bonds. The third-order valence-corrected chi connectivity index (χ3v) is 5.61. The van der Waals surface area contributed by atoms with Crippen LogP contribution < -0.4 is 16.0 Å². The number of guanidine groups is 1. The van der Waals surface area contributed by atoms with Gasteiger partial charge in [0, 0.05) is 51.4 Å². The summed E-state index contributed by atoms with van der Waals surface area (Å²) in [6.07, 6.45) is 0. The number of nitrogens with one attached hydrogen (secondary N) is 3. The third-order valence-electron chi connectivity index (χ3n) is 4.87. The van der Waals surface area contributed by atoms with E-state index in [1.165, 1.54) is 0 Å². The second-order valence-electron chi connectivity index (χ2n) is 7.22. The molecule has 1 atom stereocenters. The van der Waals surface area contributed by atoms with E-state index >= 15 is 0 Å². The highest BCUT2D eigenvalue weighted by atomic mass is 127. The van der Waals surface area contributed by atoms with Gasteiger partial charge in [-0.1, -0.05) is 37.0 Å². The van der Waals surface area contributed by atoms with Crippen LogP contribution in [0.2, 0.25) is 10.0 Å². The molecule has 1 aromatic carbocycles. The van der Waals surface area contributed by atoms with Gasteiger partial charge in [-0.15, -0.1) is 24.0 Å². The van der Waals surface area contributed by atoms with Crippen LogP contribution in [0.4, 0.5) is 0 Å². The van der Waals surface area contributed by atoms with Gasteiger partial charge in [-0.2, -0.15) is 0 Å². The zero-order valence-corrected chi connectivity index (χ0v) is 21.6. The Morgan fingerprint density at radius 2 is 1.80 bits per heavy atom. The molecule has 7 nitrogen and oxygen atoms in total. The molecule has 0 saturated carbocycles. The lowest BCUT2D eigenvalue weighted by Gasteiger charge is -2.37. The van der Waals surface area contributed by atoms with Crippen molar-refractivity contribution in [2.45, 2.75) is 19.9 Å². The van der Waals surface area contributed by atoms with Gasteiger partial charge in [0.1, 0.15) is 0 Å². The summed E-state index contributed by atoms with van der Waals surface area (Å²) in [5, 5.41) is 10.3. The summed E-state index contributed by atoms with van der Waals surface area (Å²) >= 11 is 11.8. The Kier molecular flexibility index (Phi) is 13.0. The number of aliphatic imine (C=N–C) groups is 1. The molecule has 0 bridgehead atoms. The molecule has 3 N–H and O–H groups in total. The van der Waals surface area contributed by atoms with E-state index in [0.29, 0.717) is 46.6 Å². The second kappa shape index (κ2) is 14.3. The molecular weight excluding hydrogens is 540 g/mol. The minimum Gasteiger partial charge on any atom is -0.379 e. The molecule has 1 fully saturated rings. The first kappa shape index (κ1) is 27.2. The van der Waals surface area contributed by atoms with Gasteiger partial charge in [-0.25, -0.2) is 0 Å². The number of carbonyl (C=O) groups is 1. The van der Waals surface area contributed by atoms with Crippen LogP contribution in [0.1, 0.15) is 24.2 Å². The largest absolute Gasteiger partial charge is 0.379 e. The van der Waals surface area contributed by atoms with E-state index in [1.54, 1.807) is 25.2 Å². The van der Waals surface area contributed by atoms with Crippen LogP contribution in [-0.2, 0) is 4.74 Å². The van der Waals surface area contributed by atoms with Gasteiger partial charge >= 0.3 is 0 Å². The number of amides is 1. The molecule has 30 heavy (non-hydrogen) atoms. The summed E-state index contributed by atoms with van der Waals surface area (Å²) in [7, 11) is 1.74. The summed E-state index contributed by atoms with van der Waals surface area (Å²) in [5.41, 5.74) is 0.479. The molecule has 1 aliphatic heterocycles. The van der Waals surface area contributed by atoms with E-state index in [0.717, 1.165) is 32.8 Å². The van der Waals surface area contributed by atoms with Crippen molar-refractivity contribution in [2.75, 3.05) is 53.0 Å². The summed E-state index contributed by atoms with van der Waals surface area (Å²) in [4.78, 5) is 18.9. The molecule has 1 aliphatic rings. The predicted octanol–water partition coefficient (Wildman–Crippen LogP) is 2.86. The van der Waals surface area contributed by atoms with Gasteiger partial charge in [-0.05, 0) is 24.1 Å². The van der Waals surface area contributed by atoms with Gasteiger partial charge < -0.3 is 20.7 Å². The summed E-state index contributed by atoms with van der Waals surface area (Å²) < 4.78 is 5.46. The molecule has 1 heterocycles. The molecule has 1 aromatic rings. The van der Waals surface area contributed by atoms with E-state index in [1.807, 2.05) is 0 Å². The van der Waals surface area contributed by atoms with Crippen LogP contribution in [0.15, 0.2) is 23.2 Å². The Bertz CT molecular complexity index is 700. The van der Waals surface area contributed by atoms with E-state index in [-0.39, 0.29) is 29.9 Å². The number of morpholine rings is 1. The van der Waals surface area contributed by atoms with E-state index in [4.69, 9.17) is 27.9 Å². The minimum absolute atomic E-state index is 0. The Hall–Kier alpha value is -0.810. The lowest BCUT2D eigenvalue weighted by molar-refractivity contribution is 0.00752. The quantitative estimate of drug-likeness (QED) is 0.194. The van der Waals surface area contributed by atoms with Crippen LogP contribution in [0, 0.1) is 5.92 Å². The first-order valence-electron chi connectivity index (χ1n) is 9.92. The SMILES string of the molecule is CN=C(NCCNC(=O)c1ccc(Cl)c(Cl)c1)NCC(C(C)C)N1CCOCC1.I. The number of rotatable bonds is 8. The van der Waals surface area contributed by atoms with Crippen LogP contribution in [0.3, 0.4) is 0 Å². The smallest absolute Gasteiger partial charge is 0.251 e. The van der Waals surface area contributed by atoms with Crippen molar-refractivity contribution in [3.8, 4) is 0 Å². The van der Waals surface area contributed by atoms with Crippen LogP contribution in [-0.4, -0.2) is 75.8 Å². The van der Waals surface area contributed by atoms with Gasteiger partial charge in [0.25, 0.3) is 5.91 Å². The summed E-state index contributed by atoms with van der Waals surface area (Å²) in [5.74, 6) is 1.04. The maximum Gasteiger partial charge on any atom is 0.251 e. The minimum atomic E-state index is -0.194. The van der Waals surface area contributed by atoms with Gasteiger partial charge in [-0.3, -0.25) is 14.7 Å². The number of halogens is 3. The average molecular weight is 572 g/mol. The average Bonchev–Trinajstić information content (AvgIpc) is 2.72. The third kappa shape index (κ3) is 8.74. The Morgan fingerprint density at radius 3 is 2.40 bits per heavy atom. The van der Waals surface area contributed by atoms with E-state index in [2.05, 4.69) is 39.7 Å². The molecule has 0 spiro atoms. The lowest BCUT2D eigenvalue weighted by atomic mass is 10.0. The highest BCUT2D eigenvalue weighted by Gasteiger charge is 2.23. The molecule has 1 saturated heterocycles. The van der Waals surface area contributed by atoms with Crippen molar-refractivity contribution in [1.82, 2.24) is 20.9 Å². The fourth-order valence-electron chi connectivity index (χ4n) is 3.21. The number of hydrogen-bond acceptors (Lipinski definition) is 4. The Morgan fingerprint density at radius 1 is 1.13 bits per heavy atom. The van der Waals surface area contributed by atoms with Crippen LogP contribution in [0.5, 0.6) is 0 Å². The van der Waals surface area contributed by atoms with Gasteiger partial charge in [0.15, 0.2) is 5.96 Å². The fourth-order valence-corrected chi connectivity index (χ4v) is 3.51. The molecule has 1 unspecified atom stereocenters. The monoisotopic (exact) mass is 571 g/mol. The summed E-state index contributed by atoms with van der Waals surface area (Å²) in [6, 6.07) is 5.23.